The van der Waals surface area contributed by atoms with Gasteiger partial charge in [0.2, 0.25) is 59.1 Å². The summed E-state index contributed by atoms with van der Waals surface area (Å²) in [4.78, 5) is 185. The summed E-state index contributed by atoms with van der Waals surface area (Å²) in [5.74, 6) is -16.9. The van der Waals surface area contributed by atoms with Crippen molar-refractivity contribution < 1.29 is 121 Å². The summed E-state index contributed by atoms with van der Waals surface area (Å²) < 4.78 is 98.8. The molecule has 3 aromatic carbocycles. The van der Waals surface area contributed by atoms with E-state index in [2.05, 4.69) is 0 Å². The average Bonchev–Trinajstić information content (AvgIpc) is 1.56. The van der Waals surface area contributed by atoms with Crippen LogP contribution in [-0.2, 0) is 121 Å². The van der Waals surface area contributed by atoms with Crippen molar-refractivity contribution in [2.45, 2.75) is 277 Å². The van der Waals surface area contributed by atoms with Crippen molar-refractivity contribution in [2.75, 3.05) is 62.4 Å². The van der Waals surface area contributed by atoms with E-state index in [0.29, 0.717) is 25.7 Å². The topological polar surface area (TPSA) is 354 Å². The number of carbonyl (C=O) groups excluding carboxylic acids is 12. The average molecular weight is 1920 g/mol. The molecule has 10 bridgehead atoms. The van der Waals surface area contributed by atoms with Gasteiger partial charge in [0.1, 0.15) is 28.0 Å². The van der Waals surface area contributed by atoms with Crippen molar-refractivity contribution in [3.05, 3.63) is 146 Å². The van der Waals surface area contributed by atoms with Crippen molar-refractivity contribution in [2.24, 2.45) is 59.2 Å². The van der Waals surface area contributed by atoms with Crippen LogP contribution in [0.15, 0.2) is 146 Å². The lowest BCUT2D eigenvalue weighted by Gasteiger charge is -2.46. The summed E-state index contributed by atoms with van der Waals surface area (Å²) in [5.41, 5.74) is -9.55. The second-order valence-corrected chi connectivity index (χ2v) is 52.9. The third kappa shape index (κ3) is 14.5. The SMILES string of the molecule is CC(C)(C)O[Si](OCC12C=CC(O1)C1C(=O)N(c3ccc(N4C(=O)C5C6C=CC(CO[Si](OCC78C=CC(O7)C7C(=O)N(c9ccc(N%10C(=O)C=CC%10=O)cc9)C(=O)C78)(OCC78C=CC(O7)C7C(=O)N(c9ccc(N%10C(=O)C%11C%12C=CC(CO[Si](OC(C)(C)C)(OC(C)(C)C)C%13CCCCC%13)(O%12)C%11C%10=O)cc9)C(=O)C78)C7CCCCC7)(O6)C5C4=O)cc3)C(=O)C12)(OC(C)(C)C)C1CCCCC1. The fraction of sp³-hybridized carbons (Fsp3) is 0.584. The number of nitrogens with zero attached hydrogens (tertiary/aromatic N) is 6. The molecule has 720 valence electrons. The monoisotopic (exact) mass is 1910 g/mol. The molecule has 16 heterocycles. The standard InChI is InChI=1S/C101H118N6O26Si3/c1-93(2,3)130-135(131-94(4,5)6,64-24-18-14-19-25-64)123-55-100-50-45-69(128-100)76-81(100)91(118)106(86(76)113)61-36-32-59(33-37-61)104-84(111)74-67-43-48-98(126-67,79(74)89(104)116)53-121-134(63-22-16-13-17-23-63,120-52-97-47-42-66(125-97)73-78(97)88(115)103(83(73)110)58-30-28-57(29-31-58)102-71(108)40-41-72(102)109)122-54-99-49-44-68(127-99)75-80(99)90(117)105(85(75)112)60-34-38-62(39-35-60)107-87(114)77-70-46-51-101(129-70,82(77)92(107)119)56-124-136(132-95(7,8)9,133-96(10,11)12)65-26-20-15-21-27-65/h28-51,63-70,73-82H,13-27,52-56H2,1-12H3. The maximum atomic E-state index is 15.7. The molecule has 10 saturated heterocycles. The van der Waals surface area contributed by atoms with Crippen molar-refractivity contribution in [1.82, 2.24) is 0 Å². The summed E-state index contributed by atoms with van der Waals surface area (Å²) in [7, 11) is -11.8. The third-order valence-corrected chi connectivity index (χ3v) is 42.3. The molecule has 3 aliphatic carbocycles. The predicted molar refractivity (Wildman–Crippen MR) is 493 cm³/mol. The minimum Gasteiger partial charge on any atom is -0.370 e. The first-order valence-electron chi connectivity index (χ1n) is 48.7. The Morgan fingerprint density at radius 1 is 0.265 bits per heavy atom. The maximum absolute atomic E-state index is 15.7. The van der Waals surface area contributed by atoms with E-state index in [1.165, 1.54) is 48.5 Å². The number of fused-ring (bicyclic) bond motifs is 25. The molecule has 3 aromatic rings. The van der Waals surface area contributed by atoms with E-state index < -0.39 is 263 Å². The Labute approximate surface area is 792 Å². The number of anilines is 6. The van der Waals surface area contributed by atoms with Gasteiger partial charge in [-0.15, -0.1) is 0 Å². The molecule has 20 atom stereocenters. The first-order chi connectivity index (χ1) is 64.6. The molecule has 22 rings (SSSR count). The first-order valence-corrected chi connectivity index (χ1v) is 54.1. The van der Waals surface area contributed by atoms with Crippen LogP contribution in [0.3, 0.4) is 0 Å². The van der Waals surface area contributed by atoms with Gasteiger partial charge in [-0.2, -0.15) is 0 Å². The molecule has 19 aliphatic rings. The number of amides is 12. The molecule has 136 heavy (non-hydrogen) atoms. The van der Waals surface area contributed by atoms with Gasteiger partial charge in [-0.1, -0.05) is 119 Å². The highest BCUT2D eigenvalue weighted by molar-refractivity contribution is 6.63. The summed E-state index contributed by atoms with van der Waals surface area (Å²) >= 11 is 0. The van der Waals surface area contributed by atoms with E-state index in [4.69, 9.17) is 63.5 Å². The fourth-order valence-electron chi connectivity index (χ4n) is 25.9. The molecular weight excluding hydrogens is 1800 g/mol. The van der Waals surface area contributed by atoms with Crippen LogP contribution >= 0.6 is 0 Å². The van der Waals surface area contributed by atoms with Gasteiger partial charge in [0.25, 0.3) is 11.8 Å². The van der Waals surface area contributed by atoms with Gasteiger partial charge >= 0.3 is 26.4 Å². The zero-order chi connectivity index (χ0) is 95.3. The Hall–Kier alpha value is -8.97. The van der Waals surface area contributed by atoms with Crippen molar-refractivity contribution in [3.8, 4) is 0 Å². The molecule has 12 amide bonds. The second-order valence-electron chi connectivity index (χ2n) is 44.6. The predicted octanol–water partition coefficient (Wildman–Crippen LogP) is 11.7. The normalized spacial score (nSPS) is 35.9. The molecule has 0 spiro atoms. The van der Waals surface area contributed by atoms with Gasteiger partial charge in [0, 0.05) is 28.8 Å². The molecular formula is C101H118N6O26Si3. The van der Waals surface area contributed by atoms with E-state index in [9.17, 15) is 24.0 Å². The smallest absolute Gasteiger partial charge is 0.370 e. The van der Waals surface area contributed by atoms with E-state index in [1.54, 1.807) is 60.7 Å². The number of hydrogen-bond acceptors (Lipinski definition) is 26. The molecule has 0 radical (unpaired) electrons. The lowest BCUT2D eigenvalue weighted by atomic mass is 9.77. The Bertz CT molecular complexity index is 5430. The summed E-state index contributed by atoms with van der Waals surface area (Å²) in [6, 6.07) is 18.3. The molecule has 32 nitrogen and oxygen atoms in total. The molecule has 13 fully saturated rings. The van der Waals surface area contributed by atoms with Crippen LogP contribution in [0.2, 0.25) is 16.6 Å². The van der Waals surface area contributed by atoms with Crippen LogP contribution in [0.25, 0.3) is 0 Å². The van der Waals surface area contributed by atoms with Gasteiger partial charge in [0.05, 0.1) is 179 Å². The number of hydrogen-bond donors (Lipinski definition) is 0. The molecule has 20 unspecified atom stereocenters. The van der Waals surface area contributed by atoms with Gasteiger partial charge in [-0.05, 0) is 194 Å². The van der Waals surface area contributed by atoms with Crippen LogP contribution in [-0.4, -0.2) is 211 Å². The number of rotatable bonds is 28. The van der Waals surface area contributed by atoms with Crippen LogP contribution < -0.4 is 29.4 Å². The van der Waals surface area contributed by atoms with Crippen LogP contribution in [0.5, 0.6) is 0 Å². The van der Waals surface area contributed by atoms with Crippen molar-refractivity contribution in [1.29, 1.82) is 0 Å². The minimum atomic E-state index is -4.64. The zero-order valence-electron chi connectivity index (χ0n) is 78.7. The van der Waals surface area contributed by atoms with Crippen molar-refractivity contribution >= 4 is 131 Å². The first kappa shape index (κ1) is 92.1. The highest BCUT2D eigenvalue weighted by Gasteiger charge is 2.76. The van der Waals surface area contributed by atoms with E-state index >= 15 is 33.6 Å². The third-order valence-electron chi connectivity index (χ3n) is 31.3. The largest absolute Gasteiger partial charge is 0.505 e. The quantitative estimate of drug-likeness (QED) is 0.0370. The van der Waals surface area contributed by atoms with E-state index in [-0.39, 0.29) is 58.4 Å². The summed E-state index contributed by atoms with van der Waals surface area (Å²) in [6.45, 7) is 22.3. The summed E-state index contributed by atoms with van der Waals surface area (Å²) in [5, 5.41) is 0. The highest BCUT2D eigenvalue weighted by atomic mass is 28.4. The molecule has 3 saturated carbocycles. The van der Waals surface area contributed by atoms with Gasteiger partial charge in [-0.3, -0.25) is 57.5 Å². The number of benzene rings is 3. The molecule has 0 N–H and O–H groups in total. The Balaban J connectivity index is 0.537. The van der Waals surface area contributed by atoms with Gasteiger partial charge in [-0.25, -0.2) is 29.4 Å². The second kappa shape index (κ2) is 32.3. The molecule has 16 aliphatic heterocycles. The van der Waals surface area contributed by atoms with Gasteiger partial charge < -0.3 is 63.5 Å². The Kier molecular flexibility index (Phi) is 21.9. The number of ether oxygens (including phenoxy) is 5. The van der Waals surface area contributed by atoms with Gasteiger partial charge in [0.15, 0.2) is 0 Å². The number of carbonyl (C=O) groups is 12. The Morgan fingerprint density at radius 3 is 0.647 bits per heavy atom. The lowest BCUT2D eigenvalue weighted by molar-refractivity contribution is -0.132. The fourth-order valence-corrected chi connectivity index (χ4v) is 37.2. The Morgan fingerprint density at radius 2 is 0.449 bits per heavy atom. The van der Waals surface area contributed by atoms with Crippen LogP contribution in [0.4, 0.5) is 34.1 Å². The van der Waals surface area contributed by atoms with Crippen molar-refractivity contribution in [3.63, 3.8) is 0 Å². The lowest BCUT2D eigenvalue weighted by Crippen LogP contribution is -2.60. The van der Waals surface area contributed by atoms with E-state index in [0.717, 1.165) is 112 Å². The maximum Gasteiger partial charge on any atom is 0.505 e. The van der Waals surface area contributed by atoms with E-state index in [1.807, 2.05) is 107 Å². The molecule has 35 heteroatoms. The number of imide groups is 6. The minimum absolute atomic E-state index is 0.00667. The molecule has 0 aromatic heterocycles. The highest BCUT2D eigenvalue weighted by Crippen LogP contribution is 2.62. The van der Waals surface area contributed by atoms with Crippen LogP contribution in [0.1, 0.15) is 179 Å². The summed E-state index contributed by atoms with van der Waals surface area (Å²) in [6.07, 6.45) is 28.6. The zero-order valence-corrected chi connectivity index (χ0v) is 81.7. The van der Waals surface area contributed by atoms with Crippen LogP contribution in [0, 0.1) is 59.2 Å².